The summed E-state index contributed by atoms with van der Waals surface area (Å²) in [5, 5.41) is 3.09. The number of nitrogens with zero attached hydrogens (tertiary/aromatic N) is 2. The lowest BCUT2D eigenvalue weighted by atomic mass is 9.83. The number of amides is 1. The van der Waals surface area contributed by atoms with E-state index in [-0.39, 0.29) is 10.8 Å². The minimum absolute atomic E-state index is 0.103. The van der Waals surface area contributed by atoms with Crippen molar-refractivity contribution in [3.05, 3.63) is 59.7 Å². The number of carbonyl (C=O) groups is 1. The maximum Gasteiger partial charge on any atom is 0.285 e. The Hall–Kier alpha value is -2.67. The number of likely N-dealkylation sites (tertiary alicyclic amines) is 1. The monoisotopic (exact) mass is 437 g/mol. The molecule has 0 spiro atoms. The predicted molar refractivity (Wildman–Crippen MR) is 121 cm³/mol. The Kier molecular flexibility index (Phi) is 5.30. The normalized spacial score (nSPS) is 22.8. The van der Waals surface area contributed by atoms with Crippen LogP contribution in [0.2, 0.25) is 0 Å². The summed E-state index contributed by atoms with van der Waals surface area (Å²) in [6.07, 6.45) is 8.57. The van der Waals surface area contributed by atoms with Crippen molar-refractivity contribution in [3.63, 3.8) is 0 Å². The Balaban J connectivity index is 1.31. The molecule has 0 radical (unpaired) electrons. The minimum atomic E-state index is -3.66. The van der Waals surface area contributed by atoms with Gasteiger partial charge in [0.05, 0.1) is 0 Å². The summed E-state index contributed by atoms with van der Waals surface area (Å²) < 4.78 is 28.3. The number of rotatable bonds is 3. The smallest absolute Gasteiger partial charge is 0.285 e. The molecule has 1 atom stereocenters. The maximum absolute atomic E-state index is 13.2. The standard InChI is InChI=1S/C24H27N3O3S/c28-24(27-16-6-10-21(27)17-7-2-1-3-8-17)18-12-14-19(15-13-18)25-23-20-9-4-5-11-22(20)31(29,30)26-23/h4-5,9,11-15,17,21H,1-3,6-8,10,16H2,(H,25,26)/t21-/m1/s1. The number of benzene rings is 2. The van der Waals surface area contributed by atoms with E-state index in [1.807, 2.05) is 24.3 Å². The van der Waals surface area contributed by atoms with E-state index in [0.29, 0.717) is 34.6 Å². The molecule has 1 saturated carbocycles. The molecule has 1 aliphatic carbocycles. The van der Waals surface area contributed by atoms with Gasteiger partial charge in [-0.2, -0.15) is 8.42 Å². The van der Waals surface area contributed by atoms with E-state index in [1.165, 1.54) is 32.1 Å². The van der Waals surface area contributed by atoms with Gasteiger partial charge in [0.15, 0.2) is 5.84 Å². The first-order chi connectivity index (χ1) is 15.0. The van der Waals surface area contributed by atoms with Crippen molar-refractivity contribution in [1.29, 1.82) is 0 Å². The lowest BCUT2D eigenvalue weighted by Gasteiger charge is -2.34. The summed E-state index contributed by atoms with van der Waals surface area (Å²) in [6.45, 7) is 0.839. The lowest BCUT2D eigenvalue weighted by Crippen LogP contribution is -2.40. The highest BCUT2D eigenvalue weighted by Gasteiger charge is 2.35. The molecule has 1 saturated heterocycles. The topological polar surface area (TPSA) is 78.8 Å². The predicted octanol–water partition coefficient (Wildman–Crippen LogP) is 4.43. The van der Waals surface area contributed by atoms with Crippen LogP contribution in [0.1, 0.15) is 60.9 Å². The van der Waals surface area contributed by atoms with Gasteiger partial charge in [0, 0.05) is 29.4 Å². The van der Waals surface area contributed by atoms with Crippen LogP contribution >= 0.6 is 0 Å². The maximum atomic E-state index is 13.2. The van der Waals surface area contributed by atoms with Crippen molar-refractivity contribution < 1.29 is 13.2 Å². The summed E-state index contributed by atoms with van der Waals surface area (Å²) in [5.74, 6) is 1.06. The van der Waals surface area contributed by atoms with Crippen LogP contribution in [-0.4, -0.2) is 37.6 Å². The zero-order valence-electron chi connectivity index (χ0n) is 17.5. The molecule has 1 N–H and O–H groups in total. The molecule has 6 nitrogen and oxygen atoms in total. The van der Waals surface area contributed by atoms with E-state index in [1.54, 1.807) is 24.3 Å². The summed E-state index contributed by atoms with van der Waals surface area (Å²) >= 11 is 0. The van der Waals surface area contributed by atoms with Crippen molar-refractivity contribution in [2.45, 2.75) is 55.9 Å². The third kappa shape index (κ3) is 3.87. The molecule has 31 heavy (non-hydrogen) atoms. The molecule has 2 aliphatic heterocycles. The van der Waals surface area contributed by atoms with Crippen LogP contribution in [0.25, 0.3) is 0 Å². The molecule has 2 aromatic carbocycles. The quantitative estimate of drug-likeness (QED) is 0.770. The fourth-order valence-corrected chi connectivity index (χ4v) is 6.42. The van der Waals surface area contributed by atoms with Gasteiger partial charge in [-0.05, 0) is 68.0 Å². The number of carbonyl (C=O) groups excluding carboxylic acids is 1. The zero-order valence-corrected chi connectivity index (χ0v) is 18.3. The van der Waals surface area contributed by atoms with Crippen molar-refractivity contribution in [1.82, 2.24) is 4.90 Å². The Labute approximate surface area is 183 Å². The highest BCUT2D eigenvalue weighted by molar-refractivity contribution is 7.90. The van der Waals surface area contributed by atoms with Gasteiger partial charge in [0.25, 0.3) is 15.9 Å². The number of nitrogens with one attached hydrogen (secondary N) is 1. The van der Waals surface area contributed by atoms with E-state index in [0.717, 1.165) is 19.4 Å². The molecular weight excluding hydrogens is 410 g/mol. The number of fused-ring (bicyclic) bond motifs is 1. The van der Waals surface area contributed by atoms with E-state index < -0.39 is 10.0 Å². The highest BCUT2D eigenvalue weighted by Crippen LogP contribution is 2.35. The van der Waals surface area contributed by atoms with E-state index in [2.05, 4.69) is 14.6 Å². The first-order valence-electron chi connectivity index (χ1n) is 11.2. The van der Waals surface area contributed by atoms with Crippen molar-refractivity contribution in [2.75, 3.05) is 11.9 Å². The summed E-state index contributed by atoms with van der Waals surface area (Å²) in [6, 6.07) is 14.4. The molecule has 0 unspecified atom stereocenters. The Morgan fingerprint density at radius 2 is 1.68 bits per heavy atom. The van der Waals surface area contributed by atoms with Crippen LogP contribution in [0.4, 0.5) is 5.69 Å². The second-order valence-electron chi connectivity index (χ2n) is 8.72. The van der Waals surface area contributed by atoms with E-state index in [4.69, 9.17) is 0 Å². The molecule has 0 aromatic heterocycles. The number of hydrogen-bond donors (Lipinski definition) is 1. The van der Waals surface area contributed by atoms with Gasteiger partial charge in [0.2, 0.25) is 0 Å². The molecule has 1 amide bonds. The third-order valence-electron chi connectivity index (χ3n) is 6.78. The van der Waals surface area contributed by atoms with Crippen molar-refractivity contribution in [2.24, 2.45) is 10.3 Å². The molecule has 162 valence electrons. The second kappa shape index (κ2) is 8.11. The molecule has 5 rings (SSSR count). The Morgan fingerprint density at radius 1 is 0.935 bits per heavy atom. The summed E-state index contributed by atoms with van der Waals surface area (Å²) in [4.78, 5) is 15.5. The lowest BCUT2D eigenvalue weighted by molar-refractivity contribution is 0.0661. The molecule has 7 heteroatoms. The SMILES string of the molecule is O=C(c1ccc(NC2=NS(=O)(=O)c3ccccc32)cc1)N1CCC[C@@H]1C1CCCCC1. The second-order valence-corrected chi connectivity index (χ2v) is 10.3. The first kappa shape index (κ1) is 20.2. The van der Waals surface area contributed by atoms with Gasteiger partial charge in [-0.25, -0.2) is 0 Å². The molecule has 0 bridgehead atoms. The highest BCUT2D eigenvalue weighted by atomic mass is 32.2. The van der Waals surface area contributed by atoms with Crippen LogP contribution in [0, 0.1) is 5.92 Å². The van der Waals surface area contributed by atoms with Gasteiger partial charge < -0.3 is 10.2 Å². The van der Waals surface area contributed by atoms with Crippen molar-refractivity contribution in [3.8, 4) is 0 Å². The van der Waals surface area contributed by atoms with Crippen LogP contribution in [0.15, 0.2) is 57.8 Å². The zero-order chi connectivity index (χ0) is 21.4. The molecule has 2 aromatic rings. The first-order valence-corrected chi connectivity index (χ1v) is 12.6. The van der Waals surface area contributed by atoms with Gasteiger partial charge in [-0.15, -0.1) is 4.40 Å². The molecule has 2 fully saturated rings. The van der Waals surface area contributed by atoms with Gasteiger partial charge in [0.1, 0.15) is 4.90 Å². The molecular formula is C24H27N3O3S. The van der Waals surface area contributed by atoms with Gasteiger partial charge >= 0.3 is 0 Å². The third-order valence-corrected chi connectivity index (χ3v) is 8.11. The van der Waals surface area contributed by atoms with E-state index in [9.17, 15) is 13.2 Å². The molecule has 2 heterocycles. The minimum Gasteiger partial charge on any atom is -0.339 e. The number of amidine groups is 1. The Bertz CT molecular complexity index is 1120. The van der Waals surface area contributed by atoms with Crippen LogP contribution in [0.3, 0.4) is 0 Å². The van der Waals surface area contributed by atoms with Crippen molar-refractivity contribution >= 4 is 27.5 Å². The van der Waals surface area contributed by atoms with Gasteiger partial charge in [-0.3, -0.25) is 4.79 Å². The summed E-state index contributed by atoms with van der Waals surface area (Å²) in [7, 11) is -3.66. The Morgan fingerprint density at radius 3 is 2.45 bits per heavy atom. The largest absolute Gasteiger partial charge is 0.339 e. The summed E-state index contributed by atoms with van der Waals surface area (Å²) in [5.41, 5.74) is 1.94. The fraction of sp³-hybridized carbons (Fsp3) is 0.417. The van der Waals surface area contributed by atoms with Crippen LogP contribution in [-0.2, 0) is 10.0 Å². The van der Waals surface area contributed by atoms with Gasteiger partial charge in [-0.1, -0.05) is 31.4 Å². The average molecular weight is 438 g/mol. The number of sulfonamides is 1. The van der Waals surface area contributed by atoms with E-state index >= 15 is 0 Å². The van der Waals surface area contributed by atoms with Crippen LogP contribution < -0.4 is 5.32 Å². The molecule has 3 aliphatic rings. The van der Waals surface area contributed by atoms with Crippen LogP contribution in [0.5, 0.6) is 0 Å². The number of hydrogen-bond acceptors (Lipinski definition) is 4. The fourth-order valence-electron chi connectivity index (χ4n) is 5.25. The average Bonchev–Trinajstić information content (AvgIpc) is 3.38. The number of anilines is 1.